The lowest BCUT2D eigenvalue weighted by molar-refractivity contribution is 0.404. The zero-order valence-electron chi connectivity index (χ0n) is 29.6. The predicted molar refractivity (Wildman–Crippen MR) is 204 cm³/mol. The topological polar surface area (TPSA) is 96.5 Å². The Hall–Kier alpha value is -4.21. The van der Waals surface area contributed by atoms with Crippen molar-refractivity contribution < 1.29 is 13.2 Å². The van der Waals surface area contributed by atoms with Crippen LogP contribution < -0.4 is 15.4 Å². The average Bonchev–Trinajstić information content (AvgIpc) is 3.13. The molecule has 2 aliphatic rings. The van der Waals surface area contributed by atoms with Crippen molar-refractivity contribution in [2.24, 2.45) is 0 Å². The maximum absolute atomic E-state index is 14.1. The number of nitrogens with one attached hydrogen (secondary N) is 2. The summed E-state index contributed by atoms with van der Waals surface area (Å²) in [6, 6.07) is 19.6. The van der Waals surface area contributed by atoms with Crippen molar-refractivity contribution in [3.63, 3.8) is 0 Å². The summed E-state index contributed by atoms with van der Waals surface area (Å²) in [5.41, 5.74) is 11.8. The highest BCUT2D eigenvalue weighted by Gasteiger charge is 2.25. The molecule has 0 aliphatic heterocycles. The Balaban J connectivity index is 1.08. The van der Waals surface area contributed by atoms with Crippen LogP contribution >= 0.6 is 0 Å². The number of anilines is 2. The molecule has 0 radical (unpaired) electrons. The first-order valence-corrected chi connectivity index (χ1v) is 19.7. The summed E-state index contributed by atoms with van der Waals surface area (Å²) in [4.78, 5) is 10.3. The Kier molecular flexibility index (Phi) is 10.2. The second-order valence-electron chi connectivity index (χ2n) is 13.9. The van der Waals surface area contributed by atoms with E-state index >= 15 is 0 Å². The summed E-state index contributed by atoms with van der Waals surface area (Å²) in [5, 5.41) is 9.80. The van der Waals surface area contributed by atoms with Gasteiger partial charge in [0.05, 0.1) is 23.0 Å². The van der Waals surface area contributed by atoms with Gasteiger partial charge in [-0.25, -0.2) is 8.42 Å². The van der Waals surface area contributed by atoms with Gasteiger partial charge >= 0.3 is 0 Å². The molecule has 0 unspecified atom stereocenters. The van der Waals surface area contributed by atoms with E-state index in [1.807, 2.05) is 0 Å². The van der Waals surface area contributed by atoms with Crippen LogP contribution in [0.3, 0.4) is 0 Å². The Bertz CT molecular complexity index is 2000. The first-order chi connectivity index (χ1) is 24.3. The van der Waals surface area contributed by atoms with Crippen molar-refractivity contribution in [1.82, 2.24) is 14.3 Å². The van der Waals surface area contributed by atoms with Gasteiger partial charge in [-0.05, 0) is 138 Å². The number of nitrogens with zero attached hydrogens (tertiary/aromatic N) is 3. The number of hydrogen-bond donors (Lipinski definition) is 2. The van der Waals surface area contributed by atoms with E-state index in [0.717, 1.165) is 47.5 Å². The molecule has 0 bridgehead atoms. The number of rotatable bonds is 13. The summed E-state index contributed by atoms with van der Waals surface area (Å²) in [6.45, 7) is 6.40. The zero-order chi connectivity index (χ0) is 34.7. The quantitative estimate of drug-likeness (QED) is 0.120. The third kappa shape index (κ3) is 7.16. The van der Waals surface area contributed by atoms with Gasteiger partial charge in [0.25, 0.3) is 0 Å². The molecule has 5 aromatic rings. The highest BCUT2D eigenvalue weighted by Crippen LogP contribution is 2.35. The Morgan fingerprint density at radius 3 is 1.64 bits per heavy atom. The van der Waals surface area contributed by atoms with Crippen LogP contribution in [0.5, 0.6) is 5.75 Å². The molecule has 7 rings (SSSR count). The maximum Gasteiger partial charge on any atom is 0.243 e. The molecule has 2 N–H and O–H groups in total. The molecule has 0 atom stereocenters. The summed E-state index contributed by atoms with van der Waals surface area (Å²) in [5.74, 6) is 0.634. The van der Waals surface area contributed by atoms with Gasteiger partial charge in [-0.1, -0.05) is 23.3 Å². The van der Waals surface area contributed by atoms with E-state index in [2.05, 4.69) is 60.9 Å². The van der Waals surface area contributed by atoms with Crippen LogP contribution in [0.25, 0.3) is 21.8 Å². The minimum absolute atomic E-state index is 0.286. The smallest absolute Gasteiger partial charge is 0.243 e. The third-order valence-electron chi connectivity index (χ3n) is 10.3. The molecule has 3 aromatic carbocycles. The number of hydrogen-bond acceptors (Lipinski definition) is 7. The molecule has 0 spiro atoms. The minimum Gasteiger partial charge on any atom is -0.497 e. The third-order valence-corrected chi connectivity index (χ3v) is 12.2. The standard InChI is InChI=1S/C41H49N5O3S/c1-28-14-20-38-34(26-28)40(32-10-4-6-12-36(32)44-38)42-22-8-24-46(50(47,48)31-18-16-30(49-3)17-19-31)25-9-23-43-41-33-11-5-7-13-37(33)45-39-21-15-29(2)27-35(39)41/h14-21,26-27H,4-13,22-25H2,1-3H3,(H,42,44)(H,43,45). The molecule has 0 saturated heterocycles. The summed E-state index contributed by atoms with van der Waals surface area (Å²) in [6.07, 6.45) is 10.1. The van der Waals surface area contributed by atoms with E-state index in [4.69, 9.17) is 14.7 Å². The van der Waals surface area contributed by atoms with Gasteiger partial charge in [0.15, 0.2) is 0 Å². The predicted octanol–water partition coefficient (Wildman–Crippen LogP) is 8.16. The molecule has 262 valence electrons. The molecular weight excluding hydrogens is 643 g/mol. The number of fused-ring (bicyclic) bond motifs is 4. The largest absolute Gasteiger partial charge is 0.497 e. The van der Waals surface area contributed by atoms with Crippen LogP contribution in [0.1, 0.15) is 72.2 Å². The van der Waals surface area contributed by atoms with Gasteiger partial charge in [-0.3, -0.25) is 9.97 Å². The highest BCUT2D eigenvalue weighted by atomic mass is 32.2. The normalized spacial score (nSPS) is 14.5. The second kappa shape index (κ2) is 15.0. The molecule has 2 aromatic heterocycles. The SMILES string of the molecule is COc1ccc(S(=O)(=O)N(CCCNc2c3c(nc4ccc(C)cc24)CCCC3)CCCNc2c3c(nc4ccc(C)cc24)CCCC3)cc1. The summed E-state index contributed by atoms with van der Waals surface area (Å²) in [7, 11) is -2.14. The number of aryl methyl sites for hydroxylation is 4. The monoisotopic (exact) mass is 691 g/mol. The van der Waals surface area contributed by atoms with E-state index < -0.39 is 10.0 Å². The van der Waals surface area contributed by atoms with E-state index in [1.54, 1.807) is 35.7 Å². The van der Waals surface area contributed by atoms with Gasteiger partial charge in [-0.15, -0.1) is 0 Å². The molecular formula is C41H49N5O3S. The molecule has 8 nitrogen and oxygen atoms in total. The van der Waals surface area contributed by atoms with Crippen LogP contribution in [0.15, 0.2) is 65.6 Å². The van der Waals surface area contributed by atoms with Crippen LogP contribution in [0.2, 0.25) is 0 Å². The van der Waals surface area contributed by atoms with Gasteiger partial charge in [0.2, 0.25) is 10.0 Å². The van der Waals surface area contributed by atoms with E-state index in [9.17, 15) is 8.42 Å². The maximum atomic E-state index is 14.1. The molecule has 50 heavy (non-hydrogen) atoms. The van der Waals surface area contributed by atoms with Crippen molar-refractivity contribution in [3.05, 3.63) is 94.3 Å². The van der Waals surface area contributed by atoms with E-state index in [-0.39, 0.29) is 4.90 Å². The Morgan fingerprint density at radius 2 is 1.16 bits per heavy atom. The van der Waals surface area contributed by atoms with Crippen molar-refractivity contribution >= 4 is 43.2 Å². The van der Waals surface area contributed by atoms with Crippen molar-refractivity contribution in [2.75, 3.05) is 43.9 Å². The number of pyridine rings is 2. The number of methoxy groups -OCH3 is 1. The first kappa shape index (κ1) is 34.2. The molecule has 0 amide bonds. The Morgan fingerprint density at radius 1 is 0.680 bits per heavy atom. The van der Waals surface area contributed by atoms with Gasteiger partial charge < -0.3 is 15.4 Å². The second-order valence-corrected chi connectivity index (χ2v) is 15.9. The fraction of sp³-hybridized carbons (Fsp3) is 0.415. The molecule has 2 aliphatic carbocycles. The fourth-order valence-corrected chi connectivity index (χ4v) is 9.18. The van der Waals surface area contributed by atoms with Crippen LogP contribution in [0, 0.1) is 13.8 Å². The molecule has 0 saturated carbocycles. The average molecular weight is 692 g/mol. The van der Waals surface area contributed by atoms with Gasteiger partial charge in [0.1, 0.15) is 5.75 Å². The number of sulfonamides is 1. The number of ether oxygens (including phenoxy) is 1. The molecule has 0 fully saturated rings. The van der Waals surface area contributed by atoms with Crippen LogP contribution in [-0.2, 0) is 35.7 Å². The van der Waals surface area contributed by atoms with Crippen molar-refractivity contribution in [3.8, 4) is 5.75 Å². The lowest BCUT2D eigenvalue weighted by Gasteiger charge is -2.25. The van der Waals surface area contributed by atoms with Gasteiger partial charge in [-0.2, -0.15) is 4.31 Å². The lowest BCUT2D eigenvalue weighted by atomic mass is 9.92. The molecule has 9 heteroatoms. The summed E-state index contributed by atoms with van der Waals surface area (Å²) < 4.78 is 35.2. The van der Waals surface area contributed by atoms with E-state index in [0.29, 0.717) is 44.8 Å². The molecule has 2 heterocycles. The lowest BCUT2D eigenvalue weighted by Crippen LogP contribution is -2.34. The van der Waals surface area contributed by atoms with Crippen LogP contribution in [-0.4, -0.2) is 56.0 Å². The first-order valence-electron chi connectivity index (χ1n) is 18.3. The number of aromatic nitrogens is 2. The Labute approximate surface area is 296 Å². The van der Waals surface area contributed by atoms with Crippen molar-refractivity contribution in [2.45, 2.75) is 83.0 Å². The van der Waals surface area contributed by atoms with Crippen molar-refractivity contribution in [1.29, 1.82) is 0 Å². The number of benzene rings is 3. The highest BCUT2D eigenvalue weighted by molar-refractivity contribution is 7.89. The van der Waals surface area contributed by atoms with Crippen LogP contribution in [0.4, 0.5) is 11.4 Å². The zero-order valence-corrected chi connectivity index (χ0v) is 30.5. The summed E-state index contributed by atoms with van der Waals surface area (Å²) >= 11 is 0. The fourth-order valence-electron chi connectivity index (χ4n) is 7.67. The minimum atomic E-state index is -3.72. The van der Waals surface area contributed by atoms with Gasteiger partial charge in [0, 0.05) is 59.7 Å². The van der Waals surface area contributed by atoms with E-state index in [1.165, 1.54) is 70.7 Å².